The van der Waals surface area contributed by atoms with Gasteiger partial charge in [-0.1, -0.05) is 0 Å². The zero-order valence-corrected chi connectivity index (χ0v) is 18.6. The van der Waals surface area contributed by atoms with Crippen molar-refractivity contribution in [2.75, 3.05) is 19.6 Å². The Bertz CT molecular complexity index is 766. The Morgan fingerprint density at radius 2 is 1.81 bits per heavy atom. The average Bonchev–Trinajstić information content (AvgIpc) is 3.08. The number of hydrogen-bond acceptors (Lipinski definition) is 5. The SMILES string of the molecule is O=C(C1CC2C(Cl)CC(F)CC2N1)N1CCC2NNC(C(=O)N3CCCC34CC4)C2C1. The number of halogens is 2. The minimum Gasteiger partial charge on any atom is -0.341 e. The molecule has 2 amide bonds. The Labute approximate surface area is 187 Å². The number of hydrazine groups is 1. The van der Waals surface area contributed by atoms with Gasteiger partial charge in [0.1, 0.15) is 12.2 Å². The number of fused-ring (bicyclic) bond motifs is 2. The lowest BCUT2D eigenvalue weighted by molar-refractivity contribution is -0.139. The van der Waals surface area contributed by atoms with Crippen molar-refractivity contribution >= 4 is 23.4 Å². The maximum absolute atomic E-state index is 13.9. The summed E-state index contributed by atoms with van der Waals surface area (Å²) in [5, 5.41) is 3.18. The van der Waals surface area contributed by atoms with Gasteiger partial charge in [-0.15, -0.1) is 11.6 Å². The maximum atomic E-state index is 13.9. The van der Waals surface area contributed by atoms with E-state index in [0.717, 1.165) is 38.6 Å². The summed E-state index contributed by atoms with van der Waals surface area (Å²) in [6.07, 6.45) is 5.97. The van der Waals surface area contributed by atoms with Gasteiger partial charge in [0.2, 0.25) is 11.8 Å². The molecule has 6 aliphatic rings. The van der Waals surface area contributed by atoms with Crippen molar-refractivity contribution in [3.8, 4) is 0 Å². The van der Waals surface area contributed by atoms with Gasteiger partial charge < -0.3 is 15.1 Å². The highest BCUT2D eigenvalue weighted by Crippen LogP contribution is 2.50. The molecule has 2 aliphatic carbocycles. The fourth-order valence-corrected chi connectivity index (χ4v) is 7.55. The first-order chi connectivity index (χ1) is 14.9. The molecule has 4 heterocycles. The second-order valence-electron chi connectivity index (χ2n) is 10.7. The molecule has 8 atom stereocenters. The van der Waals surface area contributed by atoms with E-state index >= 15 is 0 Å². The zero-order valence-electron chi connectivity index (χ0n) is 17.9. The lowest BCUT2D eigenvalue weighted by atomic mass is 9.83. The Kier molecular flexibility index (Phi) is 5.02. The molecule has 6 rings (SSSR count). The van der Waals surface area contributed by atoms with Crippen molar-refractivity contribution in [3.05, 3.63) is 0 Å². The van der Waals surface area contributed by atoms with Crippen molar-refractivity contribution in [3.63, 3.8) is 0 Å². The van der Waals surface area contributed by atoms with Crippen molar-refractivity contribution in [1.29, 1.82) is 0 Å². The Balaban J connectivity index is 1.12. The Morgan fingerprint density at radius 1 is 0.968 bits per heavy atom. The van der Waals surface area contributed by atoms with Gasteiger partial charge in [0.05, 0.1) is 6.04 Å². The van der Waals surface area contributed by atoms with E-state index < -0.39 is 6.17 Å². The monoisotopic (exact) mass is 453 g/mol. The van der Waals surface area contributed by atoms with Crippen LogP contribution in [0.3, 0.4) is 0 Å². The zero-order chi connectivity index (χ0) is 21.3. The Morgan fingerprint density at radius 3 is 2.61 bits per heavy atom. The largest absolute Gasteiger partial charge is 0.341 e. The van der Waals surface area contributed by atoms with Crippen LogP contribution < -0.4 is 16.2 Å². The molecule has 9 heteroatoms. The van der Waals surface area contributed by atoms with Crippen molar-refractivity contribution in [1.82, 2.24) is 26.0 Å². The molecular formula is C22H33ClFN5O2. The standard InChI is InChI=1S/C22H33ClFN5O2/c23-15-8-12(24)9-17-13(15)10-18(25-17)20(30)28-7-2-16-14(11-28)19(27-26-16)21(31)29-6-1-3-22(29)4-5-22/h12-19,25-27H,1-11H2. The quantitative estimate of drug-likeness (QED) is 0.542. The molecule has 1 spiro atoms. The van der Waals surface area contributed by atoms with E-state index in [1.807, 2.05) is 4.90 Å². The van der Waals surface area contributed by atoms with Crippen LogP contribution in [0.5, 0.6) is 0 Å². The van der Waals surface area contributed by atoms with E-state index in [0.29, 0.717) is 32.4 Å². The number of likely N-dealkylation sites (tertiary alicyclic amines) is 2. The van der Waals surface area contributed by atoms with Crippen LogP contribution in [0.1, 0.15) is 51.4 Å². The third-order valence-electron chi connectivity index (χ3n) is 8.97. The molecule has 0 aromatic carbocycles. The second kappa shape index (κ2) is 7.54. The van der Waals surface area contributed by atoms with Crippen molar-refractivity contribution in [2.45, 2.75) is 92.6 Å². The molecule has 4 aliphatic heterocycles. The number of nitrogens with zero attached hydrogens (tertiary/aromatic N) is 2. The molecule has 172 valence electrons. The van der Waals surface area contributed by atoms with Gasteiger partial charge in [0, 0.05) is 48.6 Å². The Hall–Kier alpha value is -0.960. The second-order valence-corrected chi connectivity index (χ2v) is 11.3. The number of amides is 2. The average molecular weight is 454 g/mol. The van der Waals surface area contributed by atoms with E-state index in [4.69, 9.17) is 11.6 Å². The number of carbonyl (C=O) groups is 2. The summed E-state index contributed by atoms with van der Waals surface area (Å²) in [5.41, 5.74) is 6.73. The summed E-state index contributed by atoms with van der Waals surface area (Å²) in [6, 6.07) is -0.348. The van der Waals surface area contributed by atoms with Crippen LogP contribution in [0.25, 0.3) is 0 Å². The van der Waals surface area contributed by atoms with E-state index in [9.17, 15) is 14.0 Å². The van der Waals surface area contributed by atoms with Gasteiger partial charge in [-0.2, -0.15) is 0 Å². The van der Waals surface area contributed by atoms with Gasteiger partial charge in [0.15, 0.2) is 0 Å². The fourth-order valence-electron chi connectivity index (χ4n) is 7.07. The van der Waals surface area contributed by atoms with Gasteiger partial charge in [-0.25, -0.2) is 9.82 Å². The molecule has 8 unspecified atom stereocenters. The molecule has 4 saturated heterocycles. The van der Waals surface area contributed by atoms with E-state index in [-0.39, 0.29) is 58.7 Å². The molecule has 0 aromatic heterocycles. The molecule has 0 bridgehead atoms. The van der Waals surface area contributed by atoms with Crippen LogP contribution in [0.15, 0.2) is 0 Å². The summed E-state index contributed by atoms with van der Waals surface area (Å²) >= 11 is 6.42. The molecule has 2 saturated carbocycles. The van der Waals surface area contributed by atoms with E-state index in [1.54, 1.807) is 0 Å². The first-order valence-corrected chi connectivity index (χ1v) is 12.5. The molecule has 31 heavy (non-hydrogen) atoms. The maximum Gasteiger partial charge on any atom is 0.241 e. The third kappa shape index (κ3) is 3.40. The molecular weight excluding hydrogens is 421 g/mol. The first kappa shape index (κ1) is 20.6. The predicted octanol–water partition coefficient (Wildman–Crippen LogP) is 0.921. The molecule has 3 N–H and O–H groups in total. The minimum absolute atomic E-state index is 0.00761. The highest BCUT2D eigenvalue weighted by atomic mass is 35.5. The third-order valence-corrected chi connectivity index (χ3v) is 9.47. The highest BCUT2D eigenvalue weighted by Gasteiger charge is 2.56. The number of nitrogens with one attached hydrogen (secondary N) is 3. The number of carbonyl (C=O) groups excluding carboxylic acids is 2. The molecule has 7 nitrogen and oxygen atoms in total. The summed E-state index contributed by atoms with van der Waals surface area (Å²) in [7, 11) is 0. The van der Waals surface area contributed by atoms with Gasteiger partial charge in [-0.3, -0.25) is 15.0 Å². The highest BCUT2D eigenvalue weighted by molar-refractivity contribution is 6.21. The normalized spacial score (nSPS) is 45.6. The first-order valence-electron chi connectivity index (χ1n) is 12.1. The number of rotatable bonds is 2. The summed E-state index contributed by atoms with van der Waals surface area (Å²) < 4.78 is 13.9. The summed E-state index contributed by atoms with van der Waals surface area (Å²) in [6.45, 7) is 2.14. The number of hydrogen-bond donors (Lipinski definition) is 3. The van der Waals surface area contributed by atoms with Crippen LogP contribution in [0.4, 0.5) is 4.39 Å². The smallest absolute Gasteiger partial charge is 0.241 e. The number of piperidine rings is 1. The lowest BCUT2D eigenvalue weighted by Gasteiger charge is -2.38. The van der Waals surface area contributed by atoms with Crippen LogP contribution in [-0.4, -0.2) is 82.5 Å². The van der Waals surface area contributed by atoms with Crippen molar-refractivity contribution < 1.29 is 14.0 Å². The molecule has 6 fully saturated rings. The van der Waals surface area contributed by atoms with Crippen LogP contribution in [0, 0.1) is 11.8 Å². The fraction of sp³-hybridized carbons (Fsp3) is 0.909. The summed E-state index contributed by atoms with van der Waals surface area (Å²) in [5.74, 6) is 0.536. The van der Waals surface area contributed by atoms with Crippen molar-refractivity contribution in [2.24, 2.45) is 11.8 Å². The van der Waals surface area contributed by atoms with Crippen LogP contribution >= 0.6 is 11.6 Å². The van der Waals surface area contributed by atoms with E-state index in [1.165, 1.54) is 0 Å². The van der Waals surface area contributed by atoms with Gasteiger partial charge in [-0.05, 0) is 57.3 Å². The summed E-state index contributed by atoms with van der Waals surface area (Å²) in [4.78, 5) is 30.8. The van der Waals surface area contributed by atoms with Gasteiger partial charge >= 0.3 is 0 Å². The van der Waals surface area contributed by atoms with Gasteiger partial charge in [0.25, 0.3) is 0 Å². The predicted molar refractivity (Wildman–Crippen MR) is 114 cm³/mol. The van der Waals surface area contributed by atoms with Crippen LogP contribution in [0.2, 0.25) is 0 Å². The topological polar surface area (TPSA) is 76.7 Å². The molecule has 0 aromatic rings. The lowest BCUT2D eigenvalue weighted by Crippen LogP contribution is -2.56. The minimum atomic E-state index is -0.886. The van der Waals surface area contributed by atoms with Crippen LogP contribution in [-0.2, 0) is 9.59 Å². The van der Waals surface area contributed by atoms with E-state index in [2.05, 4.69) is 21.1 Å². The number of alkyl halides is 2. The molecule has 0 radical (unpaired) electrons.